The molecule has 3 rings (SSSR count). The summed E-state index contributed by atoms with van der Waals surface area (Å²) in [6, 6.07) is -1.01. The number of carbonyl (C=O) groups is 1. The van der Waals surface area contributed by atoms with Crippen LogP contribution in [0.2, 0.25) is 0 Å². The van der Waals surface area contributed by atoms with Gasteiger partial charge in [0.05, 0.1) is 38.6 Å². The number of aliphatic hydroxyl groups is 11. The number of nitrogens with one attached hydrogen (secondary N) is 1. The molecule has 19 nitrogen and oxygen atoms in total. The Morgan fingerprint density at radius 2 is 0.714 bits per heavy atom. The third kappa shape index (κ3) is 38.6. The van der Waals surface area contributed by atoms with Crippen molar-refractivity contribution in [1.29, 1.82) is 0 Å². The second-order valence-corrected chi connectivity index (χ2v) is 25.6. The first-order valence-corrected chi connectivity index (χ1v) is 37.1. The number of hydrogen-bond acceptors (Lipinski definition) is 18. The van der Waals surface area contributed by atoms with Crippen LogP contribution in [0, 0.1) is 0 Å². The molecule has 1 amide bonds. The molecular formula is C79H129NO18. The van der Waals surface area contributed by atoms with Crippen LogP contribution in [0.5, 0.6) is 0 Å². The van der Waals surface area contributed by atoms with E-state index >= 15 is 0 Å². The Balaban J connectivity index is 1.41. The highest BCUT2D eigenvalue weighted by molar-refractivity contribution is 5.76. The molecule has 0 bridgehead atoms. The lowest BCUT2D eigenvalue weighted by Crippen LogP contribution is -2.66. The van der Waals surface area contributed by atoms with Gasteiger partial charge in [0.2, 0.25) is 5.91 Å². The molecule has 12 N–H and O–H groups in total. The second-order valence-electron chi connectivity index (χ2n) is 25.6. The van der Waals surface area contributed by atoms with E-state index in [4.69, 9.17) is 28.4 Å². The third-order valence-corrected chi connectivity index (χ3v) is 17.3. The molecule has 0 aromatic heterocycles. The van der Waals surface area contributed by atoms with Crippen molar-refractivity contribution in [2.45, 2.75) is 317 Å². The van der Waals surface area contributed by atoms with Gasteiger partial charge in [0.1, 0.15) is 73.2 Å². The van der Waals surface area contributed by atoms with Gasteiger partial charge in [-0.3, -0.25) is 4.79 Å². The minimum absolute atomic E-state index is 0.209. The maximum absolute atomic E-state index is 13.4. The Labute approximate surface area is 587 Å². The van der Waals surface area contributed by atoms with Gasteiger partial charge in [0.15, 0.2) is 18.9 Å². The molecular weight excluding hydrogens is 1250 g/mol. The van der Waals surface area contributed by atoms with Crippen LogP contribution in [0.25, 0.3) is 0 Å². The molecule has 98 heavy (non-hydrogen) atoms. The molecule has 3 fully saturated rings. The summed E-state index contributed by atoms with van der Waals surface area (Å²) < 4.78 is 34.3. The van der Waals surface area contributed by atoms with Crippen LogP contribution in [-0.2, 0) is 33.2 Å². The zero-order valence-electron chi connectivity index (χ0n) is 59.2. The fraction of sp³-hybridized carbons (Fsp3) is 0.684. The molecule has 17 unspecified atom stereocenters. The van der Waals surface area contributed by atoms with E-state index in [2.05, 4.69) is 153 Å². The molecule has 3 aliphatic heterocycles. The lowest BCUT2D eigenvalue weighted by Gasteiger charge is -2.48. The number of allylic oxidation sites excluding steroid dienone is 23. The number of aliphatic hydroxyl groups excluding tert-OH is 11. The molecule has 558 valence electrons. The molecule has 17 atom stereocenters. The predicted octanol–water partition coefficient (Wildman–Crippen LogP) is 11.1. The summed E-state index contributed by atoms with van der Waals surface area (Å²) in [5.41, 5.74) is 0. The third-order valence-electron chi connectivity index (χ3n) is 17.3. The molecule has 0 aromatic rings. The van der Waals surface area contributed by atoms with Crippen molar-refractivity contribution in [2.24, 2.45) is 0 Å². The largest absolute Gasteiger partial charge is 0.394 e. The normalized spacial score (nSPS) is 27.6. The Kier molecular flexibility index (Phi) is 52.2. The highest BCUT2D eigenvalue weighted by Gasteiger charge is 2.53. The van der Waals surface area contributed by atoms with Crippen molar-refractivity contribution in [3.8, 4) is 0 Å². The lowest BCUT2D eigenvalue weighted by molar-refractivity contribution is -0.379. The highest BCUT2D eigenvalue weighted by atomic mass is 16.8. The SMILES string of the molecule is CC/C=C\C/C=C\C/C=C\C/C=C\C/C=C\C/C=C\C/C=C\C/C=C\C/C=C\CCCCCCCCCC(=O)NC(COC1OC(CO)C(OC2OC(CO)C(OC3OC(CO)C(O)C(O)C3O)C(O)C2O)C(O)C1O)C(O)/C=C/CC/C=C/CC/C=C/CCCCCCCCCC. The van der Waals surface area contributed by atoms with Gasteiger partial charge in [0, 0.05) is 6.42 Å². The number of hydrogen-bond donors (Lipinski definition) is 12. The Morgan fingerprint density at radius 3 is 1.14 bits per heavy atom. The monoisotopic (exact) mass is 1380 g/mol. The minimum Gasteiger partial charge on any atom is -0.394 e. The number of amides is 1. The van der Waals surface area contributed by atoms with Crippen LogP contribution in [0.15, 0.2) is 146 Å². The molecule has 0 radical (unpaired) electrons. The van der Waals surface area contributed by atoms with Crippen LogP contribution in [0.4, 0.5) is 0 Å². The number of carbonyl (C=O) groups excluding carboxylic acids is 1. The Bertz CT molecular complexity index is 2340. The van der Waals surface area contributed by atoms with Gasteiger partial charge in [-0.25, -0.2) is 0 Å². The Morgan fingerprint density at radius 1 is 0.378 bits per heavy atom. The van der Waals surface area contributed by atoms with E-state index in [0.29, 0.717) is 12.8 Å². The van der Waals surface area contributed by atoms with Crippen molar-refractivity contribution in [1.82, 2.24) is 5.32 Å². The summed E-state index contributed by atoms with van der Waals surface area (Å²) >= 11 is 0. The van der Waals surface area contributed by atoms with Crippen molar-refractivity contribution in [2.75, 3.05) is 26.4 Å². The van der Waals surface area contributed by atoms with Gasteiger partial charge in [-0.2, -0.15) is 0 Å². The zero-order chi connectivity index (χ0) is 71.1. The summed E-state index contributed by atoms with van der Waals surface area (Å²) in [6.45, 7) is 1.56. The average Bonchev–Trinajstić information content (AvgIpc) is 0.785. The first-order chi connectivity index (χ1) is 47.8. The molecule has 3 saturated heterocycles. The molecule has 0 saturated carbocycles. The van der Waals surface area contributed by atoms with Crippen LogP contribution < -0.4 is 5.32 Å². The van der Waals surface area contributed by atoms with E-state index in [1.54, 1.807) is 6.08 Å². The van der Waals surface area contributed by atoms with E-state index in [0.717, 1.165) is 128 Å². The van der Waals surface area contributed by atoms with Crippen molar-refractivity contribution in [3.05, 3.63) is 146 Å². The fourth-order valence-corrected chi connectivity index (χ4v) is 11.4. The first kappa shape index (κ1) is 87.9. The molecule has 0 aliphatic carbocycles. The van der Waals surface area contributed by atoms with Crippen LogP contribution in [0.3, 0.4) is 0 Å². The first-order valence-electron chi connectivity index (χ1n) is 37.1. The van der Waals surface area contributed by atoms with Crippen LogP contribution >= 0.6 is 0 Å². The molecule has 0 spiro atoms. The molecule has 3 aliphatic rings. The van der Waals surface area contributed by atoms with Gasteiger partial charge >= 0.3 is 0 Å². The molecule has 19 heteroatoms. The minimum atomic E-state index is -1.99. The lowest BCUT2D eigenvalue weighted by atomic mass is 9.96. The highest BCUT2D eigenvalue weighted by Crippen LogP contribution is 2.33. The van der Waals surface area contributed by atoms with Crippen molar-refractivity contribution < 1.29 is 89.4 Å². The molecule has 0 aromatic carbocycles. The van der Waals surface area contributed by atoms with E-state index in [-0.39, 0.29) is 18.9 Å². The van der Waals surface area contributed by atoms with E-state index in [9.17, 15) is 61.0 Å². The summed E-state index contributed by atoms with van der Waals surface area (Å²) in [5.74, 6) is -0.308. The fourth-order valence-electron chi connectivity index (χ4n) is 11.4. The van der Waals surface area contributed by atoms with Crippen molar-refractivity contribution in [3.63, 3.8) is 0 Å². The van der Waals surface area contributed by atoms with E-state index in [1.807, 2.05) is 6.08 Å². The average molecular weight is 1380 g/mol. The maximum Gasteiger partial charge on any atom is 0.220 e. The number of rotatable bonds is 55. The predicted molar refractivity (Wildman–Crippen MR) is 387 cm³/mol. The van der Waals surface area contributed by atoms with Crippen LogP contribution in [0.1, 0.15) is 213 Å². The quantitative estimate of drug-likeness (QED) is 0.0199. The van der Waals surface area contributed by atoms with Gasteiger partial charge < -0.3 is 89.9 Å². The van der Waals surface area contributed by atoms with Gasteiger partial charge in [-0.05, 0) is 116 Å². The van der Waals surface area contributed by atoms with Gasteiger partial charge in [-0.15, -0.1) is 0 Å². The van der Waals surface area contributed by atoms with Gasteiger partial charge in [0.25, 0.3) is 0 Å². The zero-order valence-corrected chi connectivity index (χ0v) is 59.2. The number of unbranched alkanes of at least 4 members (excludes halogenated alkanes) is 17. The maximum atomic E-state index is 13.4. The topological polar surface area (TPSA) is 307 Å². The van der Waals surface area contributed by atoms with E-state index < -0.39 is 124 Å². The summed E-state index contributed by atoms with van der Waals surface area (Å²) in [4.78, 5) is 13.4. The van der Waals surface area contributed by atoms with Crippen molar-refractivity contribution >= 4 is 5.91 Å². The second kappa shape index (κ2) is 58.2. The Hall–Kier alpha value is -4.33. The number of ether oxygens (including phenoxy) is 6. The summed E-state index contributed by atoms with van der Waals surface area (Å²) in [5, 5.41) is 121. The van der Waals surface area contributed by atoms with E-state index in [1.165, 1.54) is 51.4 Å². The summed E-state index contributed by atoms with van der Waals surface area (Å²) in [7, 11) is 0. The van der Waals surface area contributed by atoms with Gasteiger partial charge in [-0.1, -0.05) is 237 Å². The summed E-state index contributed by atoms with van der Waals surface area (Å²) in [6.07, 6.45) is 56.7. The standard InChI is InChI=1S/C79H129NO18/c1-3-5-7-9-11-13-15-17-19-21-23-24-25-26-27-28-29-30-31-32-33-34-35-36-37-38-39-41-43-45-47-49-51-53-55-57-67(85)80-62(63(84)56-54-52-50-48-46-44-42-40-22-20-18-16-14-12-10-8-6-4-2)61-93-77-73(91)70(88)75(65(59-82)95-77)98-79-74(92)71(89)76(66(60-83)96-79)97-78-72(90)69(87)68(86)64(58-81)94-78/h5,7,11,13,17,19,22-24,26-27,29-30,32-33,35-36,38-40,46,48,54,56,62-66,68-79,81-84,86-92H,3-4,6,8-10,12,14-16,18,20-21,25,28,31,34,37,41-45,47,49-53,55,57-61H2,1-2H3,(H,80,85)/b7-5-,13-11-,19-17-,24-23-,27-26-,30-29-,33-32-,36-35-,39-38-,40-22+,48-46+,56-54+. The molecule has 3 heterocycles. The smallest absolute Gasteiger partial charge is 0.220 e. The van der Waals surface area contributed by atoms with Crippen LogP contribution in [-0.4, -0.2) is 193 Å².